The minimum atomic E-state index is -1.23. The van der Waals surface area contributed by atoms with Crippen LogP contribution in [-0.2, 0) is 11.0 Å². The number of carbonyl (C=O) groups excluding carboxylic acids is 1. The van der Waals surface area contributed by atoms with Crippen molar-refractivity contribution in [1.82, 2.24) is 4.72 Å². The van der Waals surface area contributed by atoms with Crippen molar-refractivity contribution in [2.24, 2.45) is 0 Å². The van der Waals surface area contributed by atoms with Crippen molar-refractivity contribution in [3.05, 3.63) is 34.9 Å². The van der Waals surface area contributed by atoms with Gasteiger partial charge in [-0.1, -0.05) is 11.6 Å². The molecule has 0 aliphatic carbocycles. The summed E-state index contributed by atoms with van der Waals surface area (Å²) >= 11 is 5.73. The molecule has 1 N–H and O–H groups in total. The van der Waals surface area contributed by atoms with Gasteiger partial charge in [0.05, 0.1) is 22.3 Å². The first kappa shape index (κ1) is 14.4. The Morgan fingerprint density at radius 3 is 2.29 bits per heavy atom. The first-order valence-corrected chi connectivity index (χ1v) is 6.77. The van der Waals surface area contributed by atoms with E-state index in [4.69, 9.17) is 11.6 Å². The lowest BCUT2D eigenvalue weighted by atomic mass is 10.1. The van der Waals surface area contributed by atoms with Crippen molar-refractivity contribution in [1.29, 1.82) is 0 Å². The molecule has 17 heavy (non-hydrogen) atoms. The fourth-order valence-corrected chi connectivity index (χ4v) is 1.91. The summed E-state index contributed by atoms with van der Waals surface area (Å²) in [5.41, 5.74) is 0.563. The van der Waals surface area contributed by atoms with Crippen molar-refractivity contribution < 1.29 is 9.00 Å². The van der Waals surface area contributed by atoms with E-state index in [2.05, 4.69) is 4.72 Å². The minimum absolute atomic E-state index is 0.0610. The normalized spacial score (nSPS) is 13.4. The van der Waals surface area contributed by atoms with E-state index in [1.54, 1.807) is 24.3 Å². The topological polar surface area (TPSA) is 46.2 Å². The van der Waals surface area contributed by atoms with E-state index in [1.807, 2.05) is 20.8 Å². The van der Waals surface area contributed by atoms with Gasteiger partial charge < -0.3 is 0 Å². The van der Waals surface area contributed by atoms with Crippen LogP contribution in [0.1, 0.15) is 31.1 Å². The van der Waals surface area contributed by atoms with E-state index in [9.17, 15) is 9.00 Å². The van der Waals surface area contributed by atoms with Gasteiger partial charge in [0.1, 0.15) is 0 Å². The maximum absolute atomic E-state index is 11.7. The molecule has 0 saturated heterocycles. The van der Waals surface area contributed by atoms with Crippen LogP contribution in [0.3, 0.4) is 0 Å². The van der Waals surface area contributed by atoms with Gasteiger partial charge in [-0.05, 0) is 45.0 Å². The molecule has 0 saturated carbocycles. The summed E-state index contributed by atoms with van der Waals surface area (Å²) in [5.74, 6) is -0.0979. The van der Waals surface area contributed by atoms with Crippen molar-refractivity contribution in [3.8, 4) is 0 Å². The second-order valence-corrected chi connectivity index (χ2v) is 7.12. The minimum Gasteiger partial charge on any atom is -0.293 e. The molecule has 0 amide bonds. The molecule has 1 atom stereocenters. The largest absolute Gasteiger partial charge is 0.293 e. The fraction of sp³-hybridized carbons (Fsp3) is 0.417. The highest BCUT2D eigenvalue weighted by molar-refractivity contribution is 7.84. The molecule has 0 aromatic heterocycles. The number of rotatable bonds is 4. The number of Topliss-reactive ketones (excluding diaryl/α,β-unsaturated/α-hetero) is 1. The molecule has 0 spiro atoms. The van der Waals surface area contributed by atoms with Gasteiger partial charge in [0, 0.05) is 10.6 Å². The highest BCUT2D eigenvalue weighted by Crippen LogP contribution is 2.11. The molecule has 3 nitrogen and oxygen atoms in total. The van der Waals surface area contributed by atoms with Gasteiger partial charge in [0.25, 0.3) is 0 Å². The smallest absolute Gasteiger partial charge is 0.177 e. The average Bonchev–Trinajstić information content (AvgIpc) is 2.25. The molecular weight excluding hydrogens is 258 g/mol. The molecule has 0 aliphatic heterocycles. The van der Waals surface area contributed by atoms with E-state index < -0.39 is 11.0 Å². The van der Waals surface area contributed by atoms with Crippen molar-refractivity contribution >= 4 is 28.4 Å². The molecule has 0 heterocycles. The molecule has 1 aromatic carbocycles. The molecule has 1 rings (SSSR count). The molecule has 0 unspecified atom stereocenters. The molecule has 0 aliphatic rings. The Bertz CT molecular complexity index is 423. The van der Waals surface area contributed by atoms with Crippen LogP contribution in [0, 0.1) is 0 Å². The number of ketones is 1. The lowest BCUT2D eigenvalue weighted by Crippen LogP contribution is -2.36. The number of halogens is 1. The SMILES string of the molecule is CC(C)(C)[S@@](=O)NCC(=O)c1ccc(Cl)cc1. The Morgan fingerprint density at radius 2 is 1.82 bits per heavy atom. The molecule has 0 radical (unpaired) electrons. The number of hydrogen-bond acceptors (Lipinski definition) is 2. The standard InChI is InChI=1S/C12H16ClNO2S/c1-12(2,3)17(16)14-8-11(15)9-4-6-10(13)7-5-9/h4-7,14H,8H2,1-3H3/t17-/m1/s1. The second-order valence-electron chi connectivity index (χ2n) is 4.63. The average molecular weight is 274 g/mol. The van der Waals surface area contributed by atoms with E-state index >= 15 is 0 Å². The van der Waals surface area contributed by atoms with E-state index in [0.717, 1.165) is 0 Å². The third-order valence-electron chi connectivity index (χ3n) is 2.09. The Labute approximate surface area is 109 Å². The summed E-state index contributed by atoms with van der Waals surface area (Å²) in [6, 6.07) is 6.64. The number of hydrogen-bond donors (Lipinski definition) is 1. The summed E-state index contributed by atoms with van der Waals surface area (Å²) in [6.07, 6.45) is 0. The Balaban J connectivity index is 2.56. The van der Waals surface area contributed by atoms with E-state index in [0.29, 0.717) is 10.6 Å². The van der Waals surface area contributed by atoms with Crippen LogP contribution in [0.25, 0.3) is 0 Å². The highest BCUT2D eigenvalue weighted by atomic mass is 35.5. The van der Waals surface area contributed by atoms with Gasteiger partial charge in [-0.2, -0.15) is 0 Å². The molecule has 5 heteroatoms. The van der Waals surface area contributed by atoms with Crippen LogP contribution in [0.5, 0.6) is 0 Å². The van der Waals surface area contributed by atoms with Gasteiger partial charge in [0.2, 0.25) is 0 Å². The summed E-state index contributed by atoms with van der Waals surface area (Å²) < 4.78 is 14.0. The summed E-state index contributed by atoms with van der Waals surface area (Å²) in [7, 11) is -1.23. The Morgan fingerprint density at radius 1 is 1.29 bits per heavy atom. The third kappa shape index (κ3) is 4.58. The van der Waals surface area contributed by atoms with Gasteiger partial charge in [-0.25, -0.2) is 8.93 Å². The Hall–Kier alpha value is -0.710. The predicted octanol–water partition coefficient (Wildman–Crippen LogP) is 2.57. The van der Waals surface area contributed by atoms with Crippen molar-refractivity contribution in [2.45, 2.75) is 25.5 Å². The van der Waals surface area contributed by atoms with Crippen LogP contribution in [0.2, 0.25) is 5.02 Å². The summed E-state index contributed by atoms with van der Waals surface area (Å²) in [5, 5.41) is 0.591. The summed E-state index contributed by atoms with van der Waals surface area (Å²) in [6.45, 7) is 5.61. The maximum atomic E-state index is 11.7. The number of nitrogens with one attached hydrogen (secondary N) is 1. The van der Waals surface area contributed by atoms with Crippen molar-refractivity contribution in [2.75, 3.05) is 6.54 Å². The highest BCUT2D eigenvalue weighted by Gasteiger charge is 2.20. The van der Waals surface area contributed by atoms with Crippen molar-refractivity contribution in [3.63, 3.8) is 0 Å². The second kappa shape index (κ2) is 5.76. The first-order valence-electron chi connectivity index (χ1n) is 5.25. The number of benzene rings is 1. The van der Waals surface area contributed by atoms with Crippen LogP contribution in [0.4, 0.5) is 0 Å². The maximum Gasteiger partial charge on any atom is 0.177 e. The van der Waals surface area contributed by atoms with Gasteiger partial charge in [0.15, 0.2) is 5.78 Å². The lowest BCUT2D eigenvalue weighted by molar-refractivity contribution is 0.0997. The van der Waals surface area contributed by atoms with Crippen LogP contribution in [-0.4, -0.2) is 21.3 Å². The summed E-state index contributed by atoms with van der Waals surface area (Å²) in [4.78, 5) is 11.7. The predicted molar refractivity (Wildman–Crippen MR) is 71.7 cm³/mol. The molecular formula is C12H16ClNO2S. The van der Waals surface area contributed by atoms with Crippen LogP contribution in [0.15, 0.2) is 24.3 Å². The van der Waals surface area contributed by atoms with Gasteiger partial charge in [-0.3, -0.25) is 4.79 Å². The lowest BCUT2D eigenvalue weighted by Gasteiger charge is -2.17. The zero-order valence-corrected chi connectivity index (χ0v) is 11.7. The van der Waals surface area contributed by atoms with Crippen LogP contribution < -0.4 is 4.72 Å². The fourth-order valence-electron chi connectivity index (χ4n) is 1.09. The third-order valence-corrected chi connectivity index (χ3v) is 3.86. The molecule has 0 fully saturated rings. The zero-order valence-electron chi connectivity index (χ0n) is 10.1. The molecule has 0 bridgehead atoms. The molecule has 1 aromatic rings. The number of carbonyl (C=O) groups is 1. The van der Waals surface area contributed by atoms with E-state index in [-0.39, 0.29) is 17.1 Å². The van der Waals surface area contributed by atoms with Crippen LogP contribution >= 0.6 is 11.6 Å². The Kier molecular flexibility index (Phi) is 4.86. The monoisotopic (exact) mass is 273 g/mol. The quantitative estimate of drug-likeness (QED) is 0.857. The van der Waals surface area contributed by atoms with E-state index in [1.165, 1.54) is 0 Å². The first-order chi connectivity index (χ1) is 7.80. The van der Waals surface area contributed by atoms with Gasteiger partial charge >= 0.3 is 0 Å². The zero-order chi connectivity index (χ0) is 13.1. The molecule has 94 valence electrons. The van der Waals surface area contributed by atoms with Gasteiger partial charge in [-0.15, -0.1) is 0 Å².